The third-order valence-corrected chi connectivity index (χ3v) is 2.08. The molecule has 0 unspecified atom stereocenters. The Bertz CT molecular complexity index is 596. The van der Waals surface area contributed by atoms with E-state index >= 15 is 0 Å². The first-order chi connectivity index (χ1) is 8.19. The third kappa shape index (κ3) is 2.46. The molecular weight excluding hydrogens is 218 g/mol. The molecule has 6 heteroatoms. The first kappa shape index (κ1) is 10.8. The minimum atomic E-state index is -0.346. The standard InChI is InChI=1S/C11H9N5O/c1-7-13-11(16-15-7)14-10(17)9-4-2-3-8(5-9)6-12/h2-5H,1H3,(H2,13,14,15,16,17). The van der Waals surface area contributed by atoms with Gasteiger partial charge in [-0.15, -0.1) is 5.10 Å². The summed E-state index contributed by atoms with van der Waals surface area (Å²) < 4.78 is 0. The largest absolute Gasteiger partial charge is 0.289 e. The van der Waals surface area contributed by atoms with Crippen LogP contribution in [-0.4, -0.2) is 21.1 Å². The second-order valence-corrected chi connectivity index (χ2v) is 3.39. The molecule has 6 nitrogen and oxygen atoms in total. The van der Waals surface area contributed by atoms with Gasteiger partial charge in [0, 0.05) is 5.56 Å². The van der Waals surface area contributed by atoms with Gasteiger partial charge in [-0.3, -0.25) is 15.2 Å². The Morgan fingerprint density at radius 2 is 2.35 bits per heavy atom. The Balaban J connectivity index is 2.17. The quantitative estimate of drug-likeness (QED) is 0.806. The summed E-state index contributed by atoms with van der Waals surface area (Å²) in [5, 5.41) is 17.7. The summed E-state index contributed by atoms with van der Waals surface area (Å²) >= 11 is 0. The van der Waals surface area contributed by atoms with Crippen molar-refractivity contribution in [3.05, 3.63) is 41.2 Å². The summed E-state index contributed by atoms with van der Waals surface area (Å²) in [4.78, 5) is 15.7. The summed E-state index contributed by atoms with van der Waals surface area (Å²) in [5.74, 6) is 0.488. The molecule has 0 aliphatic rings. The maximum Gasteiger partial charge on any atom is 0.258 e. The summed E-state index contributed by atoms with van der Waals surface area (Å²) in [6.45, 7) is 1.74. The number of hydrogen-bond acceptors (Lipinski definition) is 4. The van der Waals surface area contributed by atoms with Gasteiger partial charge in [0.15, 0.2) is 0 Å². The monoisotopic (exact) mass is 227 g/mol. The lowest BCUT2D eigenvalue weighted by atomic mass is 10.1. The van der Waals surface area contributed by atoms with Crippen molar-refractivity contribution < 1.29 is 4.79 Å². The van der Waals surface area contributed by atoms with E-state index in [4.69, 9.17) is 5.26 Å². The zero-order valence-electron chi connectivity index (χ0n) is 9.06. The lowest BCUT2D eigenvalue weighted by Gasteiger charge is -2.00. The number of nitriles is 1. The highest BCUT2D eigenvalue weighted by Gasteiger charge is 2.09. The van der Waals surface area contributed by atoms with E-state index < -0.39 is 0 Å². The SMILES string of the molecule is Cc1nc(NC(=O)c2cccc(C#N)c2)n[nH]1. The van der Waals surface area contributed by atoms with E-state index in [1.54, 1.807) is 25.1 Å². The Kier molecular flexibility index (Phi) is 2.83. The smallest absolute Gasteiger partial charge is 0.258 e. The van der Waals surface area contributed by atoms with Crippen LogP contribution in [0.1, 0.15) is 21.7 Å². The number of carbonyl (C=O) groups excluding carboxylic acids is 1. The number of aromatic amines is 1. The van der Waals surface area contributed by atoms with Crippen molar-refractivity contribution in [2.45, 2.75) is 6.92 Å². The van der Waals surface area contributed by atoms with Crippen LogP contribution in [0.3, 0.4) is 0 Å². The zero-order valence-corrected chi connectivity index (χ0v) is 9.06. The molecule has 1 heterocycles. The topological polar surface area (TPSA) is 94.5 Å². The molecule has 84 valence electrons. The van der Waals surface area contributed by atoms with Crippen molar-refractivity contribution in [3.63, 3.8) is 0 Å². The molecule has 1 aromatic heterocycles. The fourth-order valence-corrected chi connectivity index (χ4v) is 1.30. The molecule has 0 saturated heterocycles. The van der Waals surface area contributed by atoms with Gasteiger partial charge in [-0.25, -0.2) is 0 Å². The van der Waals surface area contributed by atoms with Gasteiger partial charge in [0.1, 0.15) is 5.82 Å². The Morgan fingerprint density at radius 3 is 3.00 bits per heavy atom. The molecule has 0 fully saturated rings. The fourth-order valence-electron chi connectivity index (χ4n) is 1.30. The maximum atomic E-state index is 11.8. The van der Waals surface area contributed by atoms with Gasteiger partial charge in [-0.05, 0) is 25.1 Å². The van der Waals surface area contributed by atoms with Gasteiger partial charge >= 0.3 is 0 Å². The number of aryl methyl sites for hydroxylation is 1. The van der Waals surface area contributed by atoms with Crippen LogP contribution in [-0.2, 0) is 0 Å². The number of benzene rings is 1. The molecule has 2 rings (SSSR count). The predicted octanol–water partition coefficient (Wildman–Crippen LogP) is 1.24. The molecule has 1 aromatic carbocycles. The van der Waals surface area contributed by atoms with Crippen LogP contribution >= 0.6 is 0 Å². The van der Waals surface area contributed by atoms with E-state index in [-0.39, 0.29) is 11.9 Å². The minimum Gasteiger partial charge on any atom is -0.289 e. The highest BCUT2D eigenvalue weighted by molar-refractivity contribution is 6.03. The average molecular weight is 227 g/mol. The molecular formula is C11H9N5O. The second kappa shape index (κ2) is 4.45. The molecule has 0 bridgehead atoms. The third-order valence-electron chi connectivity index (χ3n) is 2.08. The van der Waals surface area contributed by atoms with Crippen molar-refractivity contribution in [1.29, 1.82) is 5.26 Å². The number of amides is 1. The number of aromatic nitrogens is 3. The van der Waals surface area contributed by atoms with Crippen LogP contribution in [0.5, 0.6) is 0 Å². The van der Waals surface area contributed by atoms with Crippen LogP contribution in [0.2, 0.25) is 0 Å². The Hall–Kier alpha value is -2.68. The summed E-state index contributed by atoms with van der Waals surface area (Å²) in [5.41, 5.74) is 0.829. The van der Waals surface area contributed by atoms with Crippen molar-refractivity contribution in [1.82, 2.24) is 15.2 Å². The van der Waals surface area contributed by atoms with Gasteiger partial charge in [-0.1, -0.05) is 6.07 Å². The highest BCUT2D eigenvalue weighted by Crippen LogP contribution is 2.06. The summed E-state index contributed by atoms with van der Waals surface area (Å²) in [6.07, 6.45) is 0. The molecule has 0 spiro atoms. The van der Waals surface area contributed by atoms with E-state index in [1.165, 1.54) is 6.07 Å². The van der Waals surface area contributed by atoms with Crippen molar-refractivity contribution in [2.24, 2.45) is 0 Å². The van der Waals surface area contributed by atoms with Gasteiger partial charge in [0.2, 0.25) is 5.95 Å². The van der Waals surface area contributed by atoms with Crippen LogP contribution in [0.15, 0.2) is 24.3 Å². The van der Waals surface area contributed by atoms with E-state index in [1.807, 2.05) is 6.07 Å². The number of nitrogens with zero attached hydrogens (tertiary/aromatic N) is 3. The first-order valence-corrected chi connectivity index (χ1v) is 4.89. The average Bonchev–Trinajstić information content (AvgIpc) is 2.75. The molecule has 2 aromatic rings. The van der Waals surface area contributed by atoms with Crippen LogP contribution in [0, 0.1) is 18.3 Å². The Morgan fingerprint density at radius 1 is 1.53 bits per heavy atom. The first-order valence-electron chi connectivity index (χ1n) is 4.89. The van der Waals surface area contributed by atoms with Gasteiger partial charge in [0.05, 0.1) is 11.6 Å². The molecule has 0 aliphatic carbocycles. The van der Waals surface area contributed by atoms with Crippen molar-refractivity contribution >= 4 is 11.9 Å². The van der Waals surface area contributed by atoms with Crippen LogP contribution in [0.4, 0.5) is 5.95 Å². The van der Waals surface area contributed by atoms with Gasteiger partial charge < -0.3 is 0 Å². The maximum absolute atomic E-state index is 11.8. The minimum absolute atomic E-state index is 0.217. The fraction of sp³-hybridized carbons (Fsp3) is 0.0909. The number of anilines is 1. The number of carbonyl (C=O) groups is 1. The molecule has 0 saturated carbocycles. The number of rotatable bonds is 2. The normalized spacial score (nSPS) is 9.65. The summed E-state index contributed by atoms with van der Waals surface area (Å²) in [6, 6.07) is 8.38. The molecule has 0 radical (unpaired) electrons. The van der Waals surface area contributed by atoms with Crippen LogP contribution in [0.25, 0.3) is 0 Å². The molecule has 2 N–H and O–H groups in total. The number of nitrogens with one attached hydrogen (secondary N) is 2. The van der Waals surface area contributed by atoms with Gasteiger partial charge in [-0.2, -0.15) is 10.2 Å². The van der Waals surface area contributed by atoms with Gasteiger partial charge in [0.25, 0.3) is 5.91 Å². The molecule has 0 atom stereocenters. The van der Waals surface area contributed by atoms with Crippen molar-refractivity contribution in [3.8, 4) is 6.07 Å². The summed E-state index contributed by atoms with van der Waals surface area (Å²) in [7, 11) is 0. The lowest BCUT2D eigenvalue weighted by molar-refractivity contribution is 0.102. The van der Waals surface area contributed by atoms with Crippen LogP contribution < -0.4 is 5.32 Å². The highest BCUT2D eigenvalue weighted by atomic mass is 16.1. The molecule has 0 aliphatic heterocycles. The number of H-pyrrole nitrogens is 1. The predicted molar refractivity (Wildman–Crippen MR) is 60.2 cm³/mol. The van der Waals surface area contributed by atoms with E-state index in [0.29, 0.717) is 17.0 Å². The van der Waals surface area contributed by atoms with E-state index in [2.05, 4.69) is 20.5 Å². The second-order valence-electron chi connectivity index (χ2n) is 3.39. The molecule has 17 heavy (non-hydrogen) atoms. The zero-order chi connectivity index (χ0) is 12.3. The molecule has 1 amide bonds. The Labute approximate surface area is 97.3 Å². The van der Waals surface area contributed by atoms with Crippen molar-refractivity contribution in [2.75, 3.05) is 5.32 Å². The number of hydrogen-bond donors (Lipinski definition) is 2. The lowest BCUT2D eigenvalue weighted by Crippen LogP contribution is -2.13. The van der Waals surface area contributed by atoms with E-state index in [0.717, 1.165) is 0 Å². The van der Waals surface area contributed by atoms with E-state index in [9.17, 15) is 4.79 Å².